The average molecular weight is 453 g/mol. The lowest BCUT2D eigenvalue weighted by Crippen LogP contribution is -2.57. The highest BCUT2D eigenvalue weighted by molar-refractivity contribution is 7.80. The Hall–Kier alpha value is -2.59. The molecule has 31 heavy (non-hydrogen) atoms. The Bertz CT molecular complexity index is 759. The molecule has 1 aromatic carbocycles. The Labute approximate surface area is 187 Å². The van der Waals surface area contributed by atoms with Gasteiger partial charge in [-0.25, -0.2) is 0 Å². The van der Waals surface area contributed by atoms with E-state index in [0.29, 0.717) is 12.8 Å². The molecule has 0 fully saturated rings. The van der Waals surface area contributed by atoms with E-state index in [1.54, 1.807) is 0 Å². The van der Waals surface area contributed by atoms with Crippen molar-refractivity contribution < 1.29 is 24.3 Å². The van der Waals surface area contributed by atoms with Crippen LogP contribution in [0.4, 0.5) is 0 Å². The zero-order chi connectivity index (χ0) is 23.6. The molecular weight excluding hydrogens is 420 g/mol. The Morgan fingerprint density at radius 3 is 2.00 bits per heavy atom. The van der Waals surface area contributed by atoms with Crippen LogP contribution in [-0.2, 0) is 25.6 Å². The lowest BCUT2D eigenvalue weighted by molar-refractivity contribution is -0.141. The number of carboxylic acid groups (broad SMARTS) is 1. The molecule has 6 N–H and O–H groups in total. The van der Waals surface area contributed by atoms with Gasteiger partial charge in [0.2, 0.25) is 17.7 Å². The topological polar surface area (TPSA) is 151 Å². The number of benzene rings is 1. The van der Waals surface area contributed by atoms with Crippen LogP contribution in [0.1, 0.15) is 32.8 Å². The van der Waals surface area contributed by atoms with Crippen LogP contribution in [0.3, 0.4) is 0 Å². The Morgan fingerprint density at radius 2 is 1.48 bits per heavy atom. The van der Waals surface area contributed by atoms with Crippen LogP contribution < -0.4 is 21.7 Å². The molecule has 0 aliphatic heterocycles. The van der Waals surface area contributed by atoms with Crippen molar-refractivity contribution in [3.63, 3.8) is 0 Å². The summed E-state index contributed by atoms with van der Waals surface area (Å²) >= 11 is 4.13. The first-order chi connectivity index (χ1) is 14.5. The highest BCUT2D eigenvalue weighted by Gasteiger charge is 2.29. The molecule has 172 valence electrons. The third kappa shape index (κ3) is 9.39. The number of amides is 3. The van der Waals surface area contributed by atoms with Crippen molar-refractivity contribution in [2.75, 3.05) is 5.75 Å². The van der Waals surface area contributed by atoms with Crippen molar-refractivity contribution >= 4 is 36.3 Å². The van der Waals surface area contributed by atoms with Crippen molar-refractivity contribution in [2.45, 2.75) is 57.8 Å². The highest BCUT2D eigenvalue weighted by atomic mass is 32.1. The van der Waals surface area contributed by atoms with Gasteiger partial charge in [0.15, 0.2) is 0 Å². The van der Waals surface area contributed by atoms with E-state index in [1.165, 1.54) is 6.92 Å². The number of carboxylic acids is 1. The molecule has 0 aliphatic carbocycles. The Balaban J connectivity index is 2.76. The minimum atomic E-state index is -1.18. The number of hydrogen-bond acceptors (Lipinski definition) is 6. The second-order valence-electron chi connectivity index (χ2n) is 7.80. The van der Waals surface area contributed by atoms with E-state index in [1.807, 2.05) is 44.2 Å². The average Bonchev–Trinajstić information content (AvgIpc) is 2.71. The normalized spacial score (nSPS) is 14.8. The molecule has 9 nitrogen and oxygen atoms in total. The van der Waals surface area contributed by atoms with Crippen LogP contribution in [-0.4, -0.2) is 58.7 Å². The van der Waals surface area contributed by atoms with Crippen molar-refractivity contribution in [3.05, 3.63) is 35.9 Å². The monoisotopic (exact) mass is 452 g/mol. The van der Waals surface area contributed by atoms with Gasteiger partial charge >= 0.3 is 5.97 Å². The van der Waals surface area contributed by atoms with Gasteiger partial charge in [0.05, 0.1) is 6.04 Å². The number of rotatable bonds is 12. The quantitative estimate of drug-likeness (QED) is 0.247. The summed E-state index contributed by atoms with van der Waals surface area (Å²) in [4.78, 5) is 48.6. The molecule has 1 aromatic rings. The fourth-order valence-electron chi connectivity index (χ4n) is 2.78. The third-order valence-electron chi connectivity index (χ3n) is 4.52. The van der Waals surface area contributed by atoms with Crippen molar-refractivity contribution in [1.29, 1.82) is 0 Å². The summed E-state index contributed by atoms with van der Waals surface area (Å²) in [5.74, 6) is -2.85. The van der Waals surface area contributed by atoms with Crippen molar-refractivity contribution in [3.8, 4) is 0 Å². The lowest BCUT2D eigenvalue weighted by Gasteiger charge is -2.25. The van der Waals surface area contributed by atoms with Gasteiger partial charge in [0.1, 0.15) is 18.1 Å². The maximum Gasteiger partial charge on any atom is 0.325 e. The molecule has 1 rings (SSSR count). The standard InChI is InChI=1S/C21H32N4O5S/c1-12(2)9-16(19(27)23-13(3)21(29)30)24-20(28)17(11-31)25-18(26)15(22)10-14-7-5-4-6-8-14/h4-8,12-13,15-17,31H,9-11,22H2,1-3H3,(H,23,27)(H,24,28)(H,25,26)(H,29,30). The van der Waals surface area contributed by atoms with E-state index in [2.05, 4.69) is 28.6 Å². The minimum absolute atomic E-state index is 0.00280. The molecule has 10 heteroatoms. The van der Waals surface area contributed by atoms with Gasteiger partial charge in [0.25, 0.3) is 0 Å². The van der Waals surface area contributed by atoms with Gasteiger partial charge in [-0.1, -0.05) is 44.2 Å². The molecule has 0 spiro atoms. The molecule has 0 heterocycles. The van der Waals surface area contributed by atoms with E-state index in [9.17, 15) is 19.2 Å². The first-order valence-electron chi connectivity index (χ1n) is 10.1. The fraction of sp³-hybridized carbons (Fsp3) is 0.524. The lowest BCUT2D eigenvalue weighted by atomic mass is 10.0. The van der Waals surface area contributed by atoms with Crippen LogP contribution in [0.5, 0.6) is 0 Å². The van der Waals surface area contributed by atoms with Gasteiger partial charge in [0, 0.05) is 5.75 Å². The fourth-order valence-corrected chi connectivity index (χ4v) is 3.04. The van der Waals surface area contributed by atoms with Gasteiger partial charge in [-0.05, 0) is 31.2 Å². The smallest absolute Gasteiger partial charge is 0.325 e. The molecular formula is C21H32N4O5S. The van der Waals surface area contributed by atoms with Crippen LogP contribution in [0.15, 0.2) is 30.3 Å². The summed E-state index contributed by atoms with van der Waals surface area (Å²) in [5.41, 5.74) is 6.85. The van der Waals surface area contributed by atoms with Crippen LogP contribution in [0, 0.1) is 5.92 Å². The number of hydrogen-bond donors (Lipinski definition) is 6. The summed E-state index contributed by atoms with van der Waals surface area (Å²) in [6.07, 6.45) is 0.601. The number of thiol groups is 1. The van der Waals surface area contributed by atoms with E-state index < -0.39 is 47.9 Å². The highest BCUT2D eigenvalue weighted by Crippen LogP contribution is 2.07. The maximum atomic E-state index is 12.7. The SMILES string of the molecule is CC(C)CC(NC(=O)C(CS)NC(=O)C(N)Cc1ccccc1)C(=O)NC(C)C(=O)O. The summed E-state index contributed by atoms with van der Waals surface area (Å²) in [7, 11) is 0. The zero-order valence-electron chi connectivity index (χ0n) is 18.0. The largest absolute Gasteiger partial charge is 0.480 e. The number of nitrogens with one attached hydrogen (secondary N) is 3. The Kier molecular flexibility index (Phi) is 11.1. The Morgan fingerprint density at radius 1 is 0.935 bits per heavy atom. The third-order valence-corrected chi connectivity index (χ3v) is 4.89. The summed E-state index contributed by atoms with van der Waals surface area (Å²) in [6, 6.07) is 5.33. The van der Waals surface area contributed by atoms with Crippen LogP contribution >= 0.6 is 12.6 Å². The number of carbonyl (C=O) groups is 4. The molecule has 0 aromatic heterocycles. The van der Waals surface area contributed by atoms with Crippen molar-refractivity contribution in [2.24, 2.45) is 11.7 Å². The summed E-state index contributed by atoms with van der Waals surface area (Å²) in [6.45, 7) is 5.07. The van der Waals surface area contributed by atoms with E-state index >= 15 is 0 Å². The van der Waals surface area contributed by atoms with Gasteiger partial charge in [-0.3, -0.25) is 19.2 Å². The number of nitrogens with two attached hydrogens (primary N) is 1. The van der Waals surface area contributed by atoms with Crippen LogP contribution in [0.2, 0.25) is 0 Å². The summed E-state index contributed by atoms with van der Waals surface area (Å²) in [5, 5.41) is 16.5. The molecule has 4 atom stereocenters. The van der Waals surface area contributed by atoms with E-state index in [0.717, 1.165) is 5.56 Å². The zero-order valence-corrected chi connectivity index (χ0v) is 18.9. The van der Waals surface area contributed by atoms with Crippen molar-refractivity contribution in [1.82, 2.24) is 16.0 Å². The van der Waals surface area contributed by atoms with Gasteiger partial charge < -0.3 is 26.8 Å². The second kappa shape index (κ2) is 13.0. The van der Waals surface area contributed by atoms with Gasteiger partial charge in [-0.2, -0.15) is 12.6 Å². The minimum Gasteiger partial charge on any atom is -0.480 e. The van der Waals surface area contributed by atoms with E-state index in [4.69, 9.17) is 10.8 Å². The maximum absolute atomic E-state index is 12.7. The summed E-state index contributed by atoms with van der Waals surface area (Å²) < 4.78 is 0. The predicted octanol–water partition coefficient (Wildman–Crippen LogP) is 0.0912. The molecule has 0 saturated carbocycles. The second-order valence-corrected chi connectivity index (χ2v) is 8.16. The van der Waals surface area contributed by atoms with E-state index in [-0.39, 0.29) is 11.7 Å². The molecule has 4 unspecified atom stereocenters. The molecule has 0 bridgehead atoms. The number of carbonyl (C=O) groups excluding carboxylic acids is 3. The first-order valence-corrected chi connectivity index (χ1v) is 10.7. The predicted molar refractivity (Wildman–Crippen MR) is 121 cm³/mol. The van der Waals surface area contributed by atoms with Crippen LogP contribution in [0.25, 0.3) is 0 Å². The molecule has 0 radical (unpaired) electrons. The molecule has 3 amide bonds. The molecule has 0 saturated heterocycles. The first kappa shape index (κ1) is 26.4. The van der Waals surface area contributed by atoms with Gasteiger partial charge in [-0.15, -0.1) is 0 Å². The number of aliphatic carboxylic acids is 1. The molecule has 0 aliphatic rings.